The molecule has 11 heteroatoms. The van der Waals surface area contributed by atoms with E-state index in [2.05, 4.69) is 10.6 Å². The smallest absolute Gasteiger partial charge is 0.330 e. The number of nitro benzene ring substituents is 1. The monoisotopic (exact) mass is 350 g/mol. The maximum absolute atomic E-state index is 11.1. The molecule has 1 aromatic rings. The van der Waals surface area contributed by atoms with E-state index in [1.54, 1.807) is 0 Å². The van der Waals surface area contributed by atoms with Gasteiger partial charge in [-0.05, 0) is 6.07 Å². The predicted molar refractivity (Wildman–Crippen MR) is 78.9 cm³/mol. The zero-order chi connectivity index (χ0) is 15.7. The lowest BCUT2D eigenvalue weighted by Crippen LogP contribution is -2.11. The third-order valence-electron chi connectivity index (χ3n) is 2.53. The van der Waals surface area contributed by atoms with Crippen LogP contribution in [-0.4, -0.2) is 9.85 Å². The lowest BCUT2D eigenvalue weighted by Gasteiger charge is -2.03. The molecular formula is C10H5Cl3N4O4. The molecule has 0 aliphatic carbocycles. The van der Waals surface area contributed by atoms with E-state index >= 15 is 0 Å². The Morgan fingerprint density at radius 2 is 1.67 bits per heavy atom. The minimum atomic E-state index is -0.775. The summed E-state index contributed by atoms with van der Waals surface area (Å²) in [7, 11) is 0. The van der Waals surface area contributed by atoms with Crippen LogP contribution in [0.3, 0.4) is 0 Å². The number of rotatable bonds is 3. The van der Waals surface area contributed by atoms with Crippen molar-refractivity contribution in [1.29, 1.82) is 0 Å². The van der Waals surface area contributed by atoms with Crippen LogP contribution in [0.15, 0.2) is 39.2 Å². The van der Waals surface area contributed by atoms with E-state index in [0.29, 0.717) is 11.4 Å². The Labute approximate surface area is 132 Å². The van der Waals surface area contributed by atoms with Gasteiger partial charge in [0.05, 0.1) is 21.2 Å². The largest absolute Gasteiger partial charge is 0.334 e. The van der Waals surface area contributed by atoms with Gasteiger partial charge in [-0.25, -0.2) is 0 Å². The molecule has 2 rings (SSSR count). The second-order valence-corrected chi connectivity index (χ2v) is 5.12. The van der Waals surface area contributed by atoms with E-state index in [1.807, 2.05) is 0 Å². The van der Waals surface area contributed by atoms with Crippen molar-refractivity contribution < 1.29 is 9.85 Å². The van der Waals surface area contributed by atoms with E-state index in [0.717, 1.165) is 0 Å². The average molecular weight is 352 g/mol. The van der Waals surface area contributed by atoms with Gasteiger partial charge in [0.1, 0.15) is 4.49 Å². The number of nitrogens with one attached hydrogen (secondary N) is 2. The fraction of sp³-hybridized carbons (Fsp3) is 0. The van der Waals surface area contributed by atoms with Crippen LogP contribution in [0.4, 0.5) is 17.1 Å². The molecule has 0 radical (unpaired) electrons. The van der Waals surface area contributed by atoms with Crippen LogP contribution in [-0.2, 0) is 0 Å². The molecule has 2 N–H and O–H groups in total. The Kier molecular flexibility index (Phi) is 4.21. The number of allylic oxidation sites excluding steroid dienone is 1. The normalized spacial score (nSPS) is 14.6. The van der Waals surface area contributed by atoms with E-state index in [-0.39, 0.29) is 11.5 Å². The van der Waals surface area contributed by atoms with Gasteiger partial charge in [0.25, 0.3) is 5.69 Å². The van der Waals surface area contributed by atoms with Crippen molar-refractivity contribution in [3.63, 3.8) is 0 Å². The molecule has 1 aromatic carbocycles. The van der Waals surface area contributed by atoms with E-state index in [1.165, 1.54) is 18.2 Å². The van der Waals surface area contributed by atoms with Crippen molar-refractivity contribution in [3.8, 4) is 0 Å². The van der Waals surface area contributed by atoms with Gasteiger partial charge in [0.15, 0.2) is 10.9 Å². The van der Waals surface area contributed by atoms with E-state index in [4.69, 9.17) is 34.8 Å². The highest BCUT2D eigenvalue weighted by Gasteiger charge is 2.30. The third-order valence-corrected chi connectivity index (χ3v) is 3.47. The number of fused-ring (bicyclic) bond motifs is 1. The summed E-state index contributed by atoms with van der Waals surface area (Å²) in [6.07, 6.45) is 0. The van der Waals surface area contributed by atoms with Gasteiger partial charge < -0.3 is 10.6 Å². The predicted octanol–water partition coefficient (Wildman–Crippen LogP) is 3.76. The summed E-state index contributed by atoms with van der Waals surface area (Å²) in [6, 6.07) is 3.89. The standard InChI is InChI=1S/C10H5Cl3N4O4/c11-7(9(12)13)8(17(20)21)10-14-5-2-1-4(16(18)19)3-6(5)15-10/h1-3,14-15H/b10-8+. The summed E-state index contributed by atoms with van der Waals surface area (Å²) in [5, 5.41) is 26.6. The molecular weight excluding hydrogens is 346 g/mol. The molecule has 0 atom stereocenters. The topological polar surface area (TPSA) is 110 Å². The number of halogens is 3. The average Bonchev–Trinajstić information content (AvgIpc) is 2.79. The highest BCUT2D eigenvalue weighted by Crippen LogP contribution is 2.37. The molecule has 1 heterocycles. The van der Waals surface area contributed by atoms with Gasteiger partial charge in [-0.15, -0.1) is 0 Å². The van der Waals surface area contributed by atoms with Crippen molar-refractivity contribution in [2.24, 2.45) is 0 Å². The first-order chi connectivity index (χ1) is 9.81. The Hall–Kier alpha value is -2.03. The number of nitrogens with zero attached hydrogens (tertiary/aromatic N) is 2. The molecule has 8 nitrogen and oxygen atoms in total. The van der Waals surface area contributed by atoms with Crippen LogP contribution < -0.4 is 10.6 Å². The molecule has 1 aliphatic heterocycles. The van der Waals surface area contributed by atoms with Gasteiger partial charge in [0, 0.05) is 12.1 Å². The minimum absolute atomic E-state index is 0.0840. The van der Waals surface area contributed by atoms with Gasteiger partial charge in [-0.3, -0.25) is 20.2 Å². The summed E-state index contributed by atoms with van der Waals surface area (Å²) in [5.74, 6) is -0.0840. The minimum Gasteiger partial charge on any atom is -0.334 e. The molecule has 0 bridgehead atoms. The van der Waals surface area contributed by atoms with Gasteiger partial charge in [0.2, 0.25) is 0 Å². The van der Waals surface area contributed by atoms with Crippen LogP contribution in [0.2, 0.25) is 0 Å². The number of nitro groups is 2. The fourth-order valence-corrected chi connectivity index (χ4v) is 1.99. The SMILES string of the molecule is O=[N+]([O-])/C(C(Cl)=C(Cl)Cl)=C1\Nc2ccc([N+](=O)[O-])cc2N1. The molecule has 1 aliphatic rings. The Morgan fingerprint density at radius 3 is 2.19 bits per heavy atom. The second kappa shape index (κ2) is 5.76. The first kappa shape index (κ1) is 15.4. The van der Waals surface area contributed by atoms with Crippen molar-refractivity contribution in [1.82, 2.24) is 0 Å². The number of non-ortho nitro benzene ring substituents is 1. The van der Waals surface area contributed by atoms with Gasteiger partial charge in [-0.1, -0.05) is 34.8 Å². The number of hydrogen-bond donors (Lipinski definition) is 2. The Morgan fingerprint density at radius 1 is 1.05 bits per heavy atom. The molecule has 0 spiro atoms. The van der Waals surface area contributed by atoms with Crippen LogP contribution in [0, 0.1) is 20.2 Å². The van der Waals surface area contributed by atoms with Crippen molar-refractivity contribution in [3.05, 3.63) is 59.5 Å². The van der Waals surface area contributed by atoms with Crippen molar-refractivity contribution >= 4 is 51.9 Å². The lowest BCUT2D eigenvalue weighted by molar-refractivity contribution is -0.420. The number of benzene rings is 1. The van der Waals surface area contributed by atoms with Crippen molar-refractivity contribution in [2.45, 2.75) is 0 Å². The van der Waals surface area contributed by atoms with Crippen LogP contribution in [0.1, 0.15) is 0 Å². The maximum atomic E-state index is 11.1. The van der Waals surface area contributed by atoms with Crippen LogP contribution in [0.25, 0.3) is 0 Å². The first-order valence-electron chi connectivity index (χ1n) is 5.23. The van der Waals surface area contributed by atoms with Crippen LogP contribution in [0.5, 0.6) is 0 Å². The Balaban J connectivity index is 2.49. The highest BCUT2D eigenvalue weighted by molar-refractivity contribution is 6.59. The molecule has 0 fully saturated rings. The summed E-state index contributed by atoms with van der Waals surface area (Å²) in [6.45, 7) is 0. The molecule has 0 unspecified atom stereocenters. The van der Waals surface area contributed by atoms with E-state index < -0.39 is 25.1 Å². The molecule has 110 valence electrons. The molecule has 0 amide bonds. The lowest BCUT2D eigenvalue weighted by atomic mass is 10.2. The quantitative estimate of drug-likeness (QED) is 0.633. The Bertz CT molecular complexity index is 712. The molecule has 0 saturated carbocycles. The molecule has 0 saturated heterocycles. The fourth-order valence-electron chi connectivity index (χ4n) is 1.65. The summed E-state index contributed by atoms with van der Waals surface area (Å²) >= 11 is 16.6. The second-order valence-electron chi connectivity index (χ2n) is 3.79. The zero-order valence-electron chi connectivity index (χ0n) is 9.89. The highest BCUT2D eigenvalue weighted by atomic mass is 35.5. The molecule has 0 aromatic heterocycles. The zero-order valence-corrected chi connectivity index (χ0v) is 12.2. The number of anilines is 2. The maximum Gasteiger partial charge on any atom is 0.330 e. The summed E-state index contributed by atoms with van der Waals surface area (Å²) in [5.41, 5.74) is -0.0155. The van der Waals surface area contributed by atoms with Crippen molar-refractivity contribution in [2.75, 3.05) is 10.6 Å². The van der Waals surface area contributed by atoms with Gasteiger partial charge >= 0.3 is 5.70 Å². The van der Waals surface area contributed by atoms with Crippen LogP contribution >= 0.6 is 34.8 Å². The summed E-state index contributed by atoms with van der Waals surface area (Å²) < 4.78 is -0.471. The van der Waals surface area contributed by atoms with Gasteiger partial charge in [-0.2, -0.15) is 0 Å². The molecule has 21 heavy (non-hydrogen) atoms. The first-order valence-corrected chi connectivity index (χ1v) is 6.37. The summed E-state index contributed by atoms with van der Waals surface area (Å²) in [4.78, 5) is 20.4. The van der Waals surface area contributed by atoms with E-state index in [9.17, 15) is 20.2 Å². The third kappa shape index (κ3) is 3.02. The number of hydrogen-bond acceptors (Lipinski definition) is 6.